The standard InChI is InChI=1S/C19H21N5O3/c1-10-15-8-12(9-20-16(15)23(3)22-10)21-17(25)11(2)24-18(26)13-6-4-5-7-14(13)19(24)27/h4-5,8-9,11,13-14H,6-7H2,1-3H3,(H,21,25)/t11-,13-,14+/m1/s1. The molecule has 1 fully saturated rings. The van der Waals surface area contributed by atoms with Crippen molar-refractivity contribution in [1.29, 1.82) is 0 Å². The van der Waals surface area contributed by atoms with Crippen LogP contribution in [0.1, 0.15) is 25.5 Å². The van der Waals surface area contributed by atoms with Crippen molar-refractivity contribution in [1.82, 2.24) is 19.7 Å². The predicted octanol–water partition coefficient (Wildman–Crippen LogP) is 1.55. The third-order valence-corrected chi connectivity index (χ3v) is 5.44. The van der Waals surface area contributed by atoms with E-state index < -0.39 is 11.9 Å². The second-order valence-electron chi connectivity index (χ2n) is 7.17. The van der Waals surface area contributed by atoms with E-state index in [2.05, 4.69) is 15.4 Å². The van der Waals surface area contributed by atoms with Gasteiger partial charge in [-0.25, -0.2) is 4.98 Å². The molecule has 140 valence electrons. The number of hydrogen-bond acceptors (Lipinski definition) is 5. The van der Waals surface area contributed by atoms with Crippen molar-refractivity contribution in [2.45, 2.75) is 32.7 Å². The molecule has 1 aliphatic heterocycles. The molecular formula is C19H21N5O3. The van der Waals surface area contributed by atoms with Gasteiger partial charge < -0.3 is 5.32 Å². The molecule has 27 heavy (non-hydrogen) atoms. The zero-order chi connectivity index (χ0) is 19.3. The number of nitrogens with zero attached hydrogens (tertiary/aromatic N) is 4. The molecule has 4 rings (SSSR count). The first kappa shape index (κ1) is 17.4. The minimum atomic E-state index is -0.874. The number of aryl methyl sites for hydroxylation is 2. The van der Waals surface area contributed by atoms with Gasteiger partial charge in [-0.3, -0.25) is 24.0 Å². The molecule has 1 aliphatic carbocycles. The van der Waals surface area contributed by atoms with Gasteiger partial charge in [0.25, 0.3) is 0 Å². The lowest BCUT2D eigenvalue weighted by molar-refractivity contribution is -0.146. The van der Waals surface area contributed by atoms with Crippen LogP contribution in [0.4, 0.5) is 5.69 Å². The first-order valence-electron chi connectivity index (χ1n) is 9.00. The summed E-state index contributed by atoms with van der Waals surface area (Å²) in [7, 11) is 1.81. The van der Waals surface area contributed by atoms with Crippen molar-refractivity contribution in [2.24, 2.45) is 18.9 Å². The summed E-state index contributed by atoms with van der Waals surface area (Å²) in [6.07, 6.45) is 6.52. The average molecular weight is 367 g/mol. The zero-order valence-corrected chi connectivity index (χ0v) is 15.5. The molecule has 8 heteroatoms. The van der Waals surface area contributed by atoms with E-state index in [0.29, 0.717) is 18.5 Å². The van der Waals surface area contributed by atoms with Crippen molar-refractivity contribution in [3.8, 4) is 0 Å². The van der Waals surface area contributed by atoms with Gasteiger partial charge in [0.2, 0.25) is 17.7 Å². The summed E-state index contributed by atoms with van der Waals surface area (Å²) in [5.74, 6) is -1.60. The summed E-state index contributed by atoms with van der Waals surface area (Å²) in [6.45, 7) is 3.45. The fourth-order valence-electron chi connectivity index (χ4n) is 3.95. The Morgan fingerprint density at radius 2 is 1.85 bits per heavy atom. The van der Waals surface area contributed by atoms with Crippen molar-refractivity contribution >= 4 is 34.4 Å². The van der Waals surface area contributed by atoms with Crippen molar-refractivity contribution in [2.75, 3.05) is 5.32 Å². The molecule has 3 heterocycles. The summed E-state index contributed by atoms with van der Waals surface area (Å²) in [5, 5.41) is 7.92. The third-order valence-electron chi connectivity index (χ3n) is 5.44. The Balaban J connectivity index is 1.54. The molecule has 1 saturated heterocycles. The number of carbonyl (C=O) groups is 3. The van der Waals surface area contributed by atoms with Gasteiger partial charge in [-0.15, -0.1) is 0 Å². The number of carbonyl (C=O) groups excluding carboxylic acids is 3. The maximum absolute atomic E-state index is 12.7. The molecule has 1 N–H and O–H groups in total. The Morgan fingerprint density at radius 1 is 1.22 bits per heavy atom. The molecule has 3 amide bonds. The van der Waals surface area contributed by atoms with Gasteiger partial charge in [0.15, 0.2) is 5.65 Å². The number of anilines is 1. The number of pyridine rings is 1. The Kier molecular flexibility index (Phi) is 4.05. The maximum Gasteiger partial charge on any atom is 0.247 e. The SMILES string of the molecule is Cc1nn(C)c2ncc(NC(=O)[C@@H](C)N3C(=O)[C@H]4CC=CC[C@H]4C3=O)cc12. The number of amides is 3. The van der Waals surface area contributed by atoms with Gasteiger partial charge in [0.1, 0.15) is 6.04 Å². The van der Waals surface area contributed by atoms with Gasteiger partial charge in [-0.1, -0.05) is 12.2 Å². The van der Waals surface area contributed by atoms with Gasteiger partial charge in [-0.05, 0) is 32.8 Å². The molecule has 2 aromatic rings. The fourth-order valence-corrected chi connectivity index (χ4v) is 3.95. The van der Waals surface area contributed by atoms with Crippen LogP contribution in [0.3, 0.4) is 0 Å². The molecule has 0 unspecified atom stereocenters. The number of aromatic nitrogens is 3. The molecule has 0 saturated carbocycles. The fraction of sp³-hybridized carbons (Fsp3) is 0.421. The molecular weight excluding hydrogens is 346 g/mol. The number of rotatable bonds is 3. The molecule has 0 spiro atoms. The number of hydrogen-bond donors (Lipinski definition) is 1. The zero-order valence-electron chi connectivity index (χ0n) is 15.5. The van der Waals surface area contributed by atoms with Crippen LogP contribution in [0.25, 0.3) is 11.0 Å². The molecule has 0 aromatic carbocycles. The van der Waals surface area contributed by atoms with Crippen LogP contribution >= 0.6 is 0 Å². The lowest BCUT2D eigenvalue weighted by atomic mass is 9.85. The number of fused-ring (bicyclic) bond motifs is 2. The molecule has 2 aromatic heterocycles. The second kappa shape index (κ2) is 6.29. The average Bonchev–Trinajstić information content (AvgIpc) is 3.08. The van der Waals surface area contributed by atoms with Crippen LogP contribution in [-0.2, 0) is 21.4 Å². The van der Waals surface area contributed by atoms with Crippen LogP contribution in [0.5, 0.6) is 0 Å². The van der Waals surface area contributed by atoms with Gasteiger partial charge in [-0.2, -0.15) is 5.10 Å². The van der Waals surface area contributed by atoms with E-state index in [-0.39, 0.29) is 23.7 Å². The van der Waals surface area contributed by atoms with E-state index in [4.69, 9.17) is 0 Å². The van der Waals surface area contributed by atoms with Gasteiger partial charge in [0, 0.05) is 12.4 Å². The van der Waals surface area contributed by atoms with E-state index in [1.54, 1.807) is 23.9 Å². The molecule has 3 atom stereocenters. The minimum absolute atomic E-state index is 0.256. The van der Waals surface area contributed by atoms with Crippen LogP contribution in [0, 0.1) is 18.8 Å². The van der Waals surface area contributed by atoms with E-state index >= 15 is 0 Å². The first-order chi connectivity index (χ1) is 12.9. The van der Waals surface area contributed by atoms with Crippen LogP contribution in [0.15, 0.2) is 24.4 Å². The van der Waals surface area contributed by atoms with Crippen molar-refractivity contribution < 1.29 is 14.4 Å². The largest absolute Gasteiger partial charge is 0.323 e. The lowest BCUT2D eigenvalue weighted by Gasteiger charge is -2.22. The maximum atomic E-state index is 12.7. The van der Waals surface area contributed by atoms with E-state index in [9.17, 15) is 14.4 Å². The van der Waals surface area contributed by atoms with Gasteiger partial charge >= 0.3 is 0 Å². The molecule has 8 nitrogen and oxygen atoms in total. The van der Waals surface area contributed by atoms with E-state index in [1.165, 1.54) is 0 Å². The lowest BCUT2D eigenvalue weighted by Crippen LogP contribution is -2.46. The summed E-state index contributed by atoms with van der Waals surface area (Å²) < 4.78 is 1.68. The number of allylic oxidation sites excluding steroid dienone is 2. The molecule has 0 radical (unpaired) electrons. The second-order valence-corrected chi connectivity index (χ2v) is 7.17. The Labute approximate surface area is 156 Å². The highest BCUT2D eigenvalue weighted by atomic mass is 16.2. The summed E-state index contributed by atoms with van der Waals surface area (Å²) in [5.41, 5.74) is 2.04. The van der Waals surface area contributed by atoms with E-state index in [0.717, 1.165) is 21.6 Å². The van der Waals surface area contributed by atoms with Crippen molar-refractivity contribution in [3.05, 3.63) is 30.1 Å². The third kappa shape index (κ3) is 2.72. The minimum Gasteiger partial charge on any atom is -0.323 e. The van der Waals surface area contributed by atoms with Crippen LogP contribution < -0.4 is 5.32 Å². The Bertz CT molecular complexity index is 967. The highest BCUT2D eigenvalue weighted by Gasteiger charge is 2.50. The Morgan fingerprint density at radius 3 is 2.48 bits per heavy atom. The first-order valence-corrected chi connectivity index (χ1v) is 9.00. The molecule has 0 bridgehead atoms. The smallest absolute Gasteiger partial charge is 0.247 e. The van der Waals surface area contributed by atoms with E-state index in [1.807, 2.05) is 26.1 Å². The number of likely N-dealkylation sites (tertiary alicyclic amines) is 1. The summed E-state index contributed by atoms with van der Waals surface area (Å²) >= 11 is 0. The number of nitrogens with one attached hydrogen (secondary N) is 1. The quantitative estimate of drug-likeness (QED) is 0.656. The van der Waals surface area contributed by atoms with Crippen LogP contribution in [0.2, 0.25) is 0 Å². The predicted molar refractivity (Wildman–Crippen MR) is 98.5 cm³/mol. The molecule has 2 aliphatic rings. The highest BCUT2D eigenvalue weighted by Crippen LogP contribution is 2.36. The summed E-state index contributed by atoms with van der Waals surface area (Å²) in [6, 6.07) is 0.924. The topological polar surface area (TPSA) is 97.2 Å². The van der Waals surface area contributed by atoms with Crippen LogP contribution in [-0.4, -0.2) is 43.4 Å². The monoisotopic (exact) mass is 367 g/mol. The highest BCUT2D eigenvalue weighted by molar-refractivity contribution is 6.10. The normalized spacial score (nSPS) is 23.0. The van der Waals surface area contributed by atoms with Gasteiger partial charge in [0.05, 0.1) is 29.4 Å². The Hall–Kier alpha value is -3.03. The van der Waals surface area contributed by atoms with Crippen molar-refractivity contribution in [3.63, 3.8) is 0 Å². The summed E-state index contributed by atoms with van der Waals surface area (Å²) in [4.78, 5) is 43.4. The number of imide groups is 1.